The minimum absolute atomic E-state index is 0.0213. The van der Waals surface area contributed by atoms with Crippen molar-refractivity contribution < 1.29 is 9.68 Å². The van der Waals surface area contributed by atoms with E-state index in [0.29, 0.717) is 12.5 Å². The van der Waals surface area contributed by atoms with E-state index in [-0.39, 0.29) is 18.5 Å². The zero-order valence-corrected chi connectivity index (χ0v) is 9.41. The fraction of sp³-hybridized carbons (Fsp3) is 0.429. The summed E-state index contributed by atoms with van der Waals surface area (Å²) in [4.78, 5) is 9.45. The van der Waals surface area contributed by atoms with E-state index in [2.05, 4.69) is 32.6 Å². The Morgan fingerprint density at radius 1 is 1.44 bits per heavy atom. The Kier molecular flexibility index (Phi) is 8.84. The van der Waals surface area contributed by atoms with Crippen LogP contribution in [0.25, 0.3) is 0 Å². The van der Waals surface area contributed by atoms with Gasteiger partial charge < -0.3 is 16.3 Å². The first-order valence-corrected chi connectivity index (χ1v) is 4.83. The van der Waals surface area contributed by atoms with Crippen LogP contribution in [0.2, 0.25) is 0 Å². The van der Waals surface area contributed by atoms with Crippen LogP contribution in [0, 0.1) is 0 Å². The Morgan fingerprint density at radius 2 is 2.19 bits per heavy atom. The number of nitrogens with one attached hydrogen (secondary N) is 2. The van der Waals surface area contributed by atoms with E-state index < -0.39 is 0 Å². The Balaban J connectivity index is 3.77. The van der Waals surface area contributed by atoms with Crippen LogP contribution in [-0.4, -0.2) is 31.0 Å². The molecular formula is C7H15ClN6O2. The van der Waals surface area contributed by atoms with Gasteiger partial charge in [0.05, 0.1) is 6.61 Å². The molecule has 0 fully saturated rings. The molecule has 0 rings (SSSR count). The molecule has 0 aromatic heterocycles. The van der Waals surface area contributed by atoms with Gasteiger partial charge in [0.1, 0.15) is 6.61 Å². The van der Waals surface area contributed by atoms with E-state index in [1.54, 1.807) is 0 Å². The average Bonchev–Trinajstić information content (AvgIpc) is 2.27. The molecule has 0 aliphatic carbocycles. The van der Waals surface area contributed by atoms with Gasteiger partial charge in [0, 0.05) is 5.88 Å². The molecule has 0 saturated heterocycles. The molecular weight excluding hydrogens is 236 g/mol. The maximum Gasteiger partial charge on any atom is 0.251 e. The van der Waals surface area contributed by atoms with Crippen LogP contribution in [0.4, 0.5) is 0 Å². The van der Waals surface area contributed by atoms with Crippen LogP contribution >= 0.6 is 11.6 Å². The molecule has 6 N–H and O–H groups in total. The van der Waals surface area contributed by atoms with Crippen LogP contribution in [0.15, 0.2) is 22.9 Å². The van der Waals surface area contributed by atoms with Crippen LogP contribution in [0.5, 0.6) is 0 Å². The molecule has 9 heteroatoms. The van der Waals surface area contributed by atoms with E-state index >= 15 is 0 Å². The molecule has 0 aliphatic rings. The van der Waals surface area contributed by atoms with E-state index in [0.717, 1.165) is 0 Å². The van der Waals surface area contributed by atoms with E-state index in [4.69, 9.17) is 27.9 Å². The van der Waals surface area contributed by atoms with Gasteiger partial charge in [-0.3, -0.25) is 4.84 Å². The van der Waals surface area contributed by atoms with Gasteiger partial charge in [-0.05, 0) is 5.16 Å². The third kappa shape index (κ3) is 8.91. The number of nitrogens with two attached hydrogens (primary N) is 2. The zero-order valence-electron chi connectivity index (χ0n) is 8.65. The second-order valence-corrected chi connectivity index (χ2v) is 2.69. The molecule has 8 nitrogen and oxygen atoms in total. The minimum Gasteiger partial charge on any atom is -0.389 e. The fourth-order valence-corrected chi connectivity index (χ4v) is 0.561. The highest BCUT2D eigenvalue weighted by Crippen LogP contribution is 1.76. The number of guanidine groups is 2. The lowest BCUT2D eigenvalue weighted by Gasteiger charge is -2.04. The number of halogens is 1. The molecule has 92 valence electrons. The third-order valence-corrected chi connectivity index (χ3v) is 1.16. The number of nitrogens with zero attached hydrogens (tertiary/aromatic N) is 2. The maximum absolute atomic E-state index is 5.36. The molecule has 0 spiro atoms. The highest BCUT2D eigenvalue weighted by molar-refractivity contribution is 6.17. The molecule has 0 saturated carbocycles. The number of rotatable bonds is 7. The molecule has 16 heavy (non-hydrogen) atoms. The molecule has 0 unspecified atom stereocenters. The molecule has 0 aromatic rings. The summed E-state index contributed by atoms with van der Waals surface area (Å²) in [6.07, 6.45) is 1.52. The molecule has 0 aliphatic heterocycles. The summed E-state index contributed by atoms with van der Waals surface area (Å²) in [5.41, 5.74) is 15.3. The monoisotopic (exact) mass is 250 g/mol. The SMILES string of the molecule is C=CCON=C(N)NN=C(N)NOCCCl. The Hall–Kier alpha value is -1.67. The van der Waals surface area contributed by atoms with Crippen molar-refractivity contribution in [3.8, 4) is 0 Å². The van der Waals surface area contributed by atoms with Crippen molar-refractivity contribution in [2.75, 3.05) is 19.1 Å². The fourth-order valence-electron chi connectivity index (χ4n) is 0.484. The quantitative estimate of drug-likeness (QED) is 0.115. The largest absolute Gasteiger partial charge is 0.389 e. The van der Waals surface area contributed by atoms with Crippen LogP contribution in [0.3, 0.4) is 0 Å². The number of oxime groups is 1. The molecule has 0 heterocycles. The molecule has 0 radical (unpaired) electrons. The smallest absolute Gasteiger partial charge is 0.251 e. The second-order valence-electron chi connectivity index (χ2n) is 2.31. The Bertz CT molecular complexity index is 257. The van der Waals surface area contributed by atoms with Crippen molar-refractivity contribution in [3.05, 3.63) is 12.7 Å². The van der Waals surface area contributed by atoms with Crippen molar-refractivity contribution in [1.29, 1.82) is 0 Å². The van der Waals surface area contributed by atoms with Crippen LogP contribution in [0.1, 0.15) is 0 Å². The molecule has 0 aromatic carbocycles. The van der Waals surface area contributed by atoms with Crippen LogP contribution in [-0.2, 0) is 9.68 Å². The highest BCUT2D eigenvalue weighted by Gasteiger charge is 1.92. The molecule has 0 amide bonds. The molecule has 0 atom stereocenters. The maximum atomic E-state index is 5.36. The van der Waals surface area contributed by atoms with Gasteiger partial charge in [-0.2, -0.15) is 0 Å². The number of hydrogen-bond acceptors (Lipinski definition) is 4. The molecule has 0 bridgehead atoms. The van der Waals surface area contributed by atoms with Crippen molar-refractivity contribution in [1.82, 2.24) is 10.9 Å². The Morgan fingerprint density at radius 3 is 2.81 bits per heavy atom. The topological polar surface area (TPSA) is 119 Å². The summed E-state index contributed by atoms with van der Waals surface area (Å²) in [6, 6.07) is 0. The third-order valence-electron chi connectivity index (χ3n) is 1.00. The number of hydrazone groups is 1. The number of hydrogen-bond donors (Lipinski definition) is 4. The predicted octanol–water partition coefficient (Wildman–Crippen LogP) is -1.00. The lowest BCUT2D eigenvalue weighted by Crippen LogP contribution is -2.37. The van der Waals surface area contributed by atoms with Crippen molar-refractivity contribution in [3.63, 3.8) is 0 Å². The van der Waals surface area contributed by atoms with Gasteiger partial charge in [0.2, 0.25) is 5.96 Å². The second kappa shape index (κ2) is 9.87. The summed E-state index contributed by atoms with van der Waals surface area (Å²) < 4.78 is 0. The van der Waals surface area contributed by atoms with E-state index in [1.807, 2.05) is 0 Å². The minimum atomic E-state index is -0.0519. The average molecular weight is 251 g/mol. The summed E-state index contributed by atoms with van der Waals surface area (Å²) in [5.74, 6) is 0.267. The van der Waals surface area contributed by atoms with Gasteiger partial charge in [0.25, 0.3) is 5.96 Å². The number of alkyl halides is 1. The van der Waals surface area contributed by atoms with Crippen molar-refractivity contribution >= 4 is 23.5 Å². The highest BCUT2D eigenvalue weighted by atomic mass is 35.5. The van der Waals surface area contributed by atoms with Gasteiger partial charge in [-0.15, -0.1) is 16.7 Å². The predicted molar refractivity (Wildman–Crippen MR) is 62.3 cm³/mol. The standard InChI is InChI=1S/C7H15ClN6O2/c1-2-4-15-13-6(9)11-12-7(10)14-16-5-3-8/h2H,1,3-5H2,(H3,9,11,13)(H3,10,12,14). The van der Waals surface area contributed by atoms with Gasteiger partial charge in [0.15, 0.2) is 0 Å². The summed E-state index contributed by atoms with van der Waals surface area (Å²) >= 11 is 5.36. The first-order chi connectivity index (χ1) is 7.70. The first kappa shape index (κ1) is 14.3. The normalized spacial score (nSPS) is 12.1. The van der Waals surface area contributed by atoms with Gasteiger partial charge in [-0.1, -0.05) is 12.7 Å². The lowest BCUT2D eigenvalue weighted by atomic mass is 10.7. The van der Waals surface area contributed by atoms with Crippen molar-refractivity contribution in [2.45, 2.75) is 0 Å². The van der Waals surface area contributed by atoms with Crippen LogP contribution < -0.4 is 22.4 Å². The van der Waals surface area contributed by atoms with E-state index in [1.165, 1.54) is 6.08 Å². The Labute approximate surface area is 98.2 Å². The first-order valence-electron chi connectivity index (χ1n) is 4.30. The number of hydroxylamine groups is 1. The summed E-state index contributed by atoms with van der Waals surface area (Å²) in [5, 5.41) is 7.02. The van der Waals surface area contributed by atoms with Gasteiger partial charge in [-0.25, -0.2) is 10.9 Å². The van der Waals surface area contributed by atoms with Gasteiger partial charge >= 0.3 is 0 Å². The zero-order chi connectivity index (χ0) is 12.2. The van der Waals surface area contributed by atoms with E-state index in [9.17, 15) is 0 Å². The summed E-state index contributed by atoms with van der Waals surface area (Å²) in [7, 11) is 0. The van der Waals surface area contributed by atoms with Crippen molar-refractivity contribution in [2.24, 2.45) is 21.7 Å². The summed E-state index contributed by atoms with van der Waals surface area (Å²) in [6.45, 7) is 3.98. The lowest BCUT2D eigenvalue weighted by molar-refractivity contribution is 0.0972.